The van der Waals surface area contributed by atoms with Crippen LogP contribution in [0.2, 0.25) is 0 Å². The van der Waals surface area contributed by atoms with Crippen LogP contribution in [0.15, 0.2) is 78.0 Å². The number of hydrogen-bond acceptors (Lipinski definition) is 5. The molecule has 1 atom stereocenters. The lowest BCUT2D eigenvalue weighted by molar-refractivity contribution is 0.0940. The van der Waals surface area contributed by atoms with Gasteiger partial charge in [-0.05, 0) is 67.8 Å². The number of carbonyl (C=O) groups is 1. The van der Waals surface area contributed by atoms with Crippen LogP contribution in [-0.2, 0) is 16.6 Å². The van der Waals surface area contributed by atoms with Crippen molar-refractivity contribution in [3.8, 4) is 5.75 Å². The van der Waals surface area contributed by atoms with Gasteiger partial charge in [0.2, 0.25) is 10.0 Å². The van der Waals surface area contributed by atoms with Crippen LogP contribution in [0.1, 0.15) is 47.3 Å². The van der Waals surface area contributed by atoms with Gasteiger partial charge in [0.1, 0.15) is 12.4 Å². The molecule has 0 aliphatic heterocycles. The molecule has 3 aromatic rings. The molecule has 1 saturated carbocycles. The number of benzene rings is 2. The first kappa shape index (κ1) is 22.0. The van der Waals surface area contributed by atoms with Crippen molar-refractivity contribution in [3.05, 3.63) is 89.7 Å². The molecule has 4 rings (SSSR count). The molecule has 0 bridgehead atoms. The summed E-state index contributed by atoms with van der Waals surface area (Å²) in [6.45, 7) is 2.32. The van der Waals surface area contributed by atoms with Crippen LogP contribution in [0.5, 0.6) is 5.75 Å². The Bertz CT molecular complexity index is 1160. The van der Waals surface area contributed by atoms with E-state index in [1.165, 1.54) is 24.3 Å². The highest BCUT2D eigenvalue weighted by Crippen LogP contribution is 2.23. The highest BCUT2D eigenvalue weighted by atomic mass is 32.2. The number of ether oxygens (including phenoxy) is 1. The molecule has 1 aliphatic rings. The summed E-state index contributed by atoms with van der Waals surface area (Å²) in [4.78, 5) is 16.8. The summed E-state index contributed by atoms with van der Waals surface area (Å²) in [5, 5.41) is 2.94. The normalized spacial score (nSPS) is 14.5. The molecule has 1 heterocycles. The molecule has 0 saturated heterocycles. The molecule has 1 amide bonds. The van der Waals surface area contributed by atoms with Gasteiger partial charge in [-0.15, -0.1) is 0 Å². The smallest absolute Gasteiger partial charge is 0.251 e. The van der Waals surface area contributed by atoms with E-state index >= 15 is 0 Å². The maximum atomic E-state index is 12.6. The maximum Gasteiger partial charge on any atom is 0.251 e. The van der Waals surface area contributed by atoms with Crippen LogP contribution in [0.25, 0.3) is 0 Å². The van der Waals surface area contributed by atoms with Crippen LogP contribution < -0.4 is 14.8 Å². The molecule has 1 fully saturated rings. The summed E-state index contributed by atoms with van der Waals surface area (Å²) >= 11 is 0. The Kier molecular flexibility index (Phi) is 6.53. The van der Waals surface area contributed by atoms with Gasteiger partial charge in [0, 0.05) is 29.6 Å². The zero-order valence-electron chi connectivity index (χ0n) is 17.7. The number of sulfonamides is 1. The first-order valence-corrected chi connectivity index (χ1v) is 11.9. The van der Waals surface area contributed by atoms with Crippen molar-refractivity contribution in [1.82, 2.24) is 15.0 Å². The fraction of sp³-hybridized carbons (Fsp3) is 0.250. The van der Waals surface area contributed by atoms with Gasteiger partial charge in [-0.3, -0.25) is 9.78 Å². The average Bonchev–Trinajstić information content (AvgIpc) is 3.62. The van der Waals surface area contributed by atoms with Crippen LogP contribution in [0, 0.1) is 0 Å². The second-order valence-electron chi connectivity index (χ2n) is 7.83. The first-order valence-electron chi connectivity index (χ1n) is 10.5. The molecule has 32 heavy (non-hydrogen) atoms. The van der Waals surface area contributed by atoms with Crippen molar-refractivity contribution in [1.29, 1.82) is 0 Å². The summed E-state index contributed by atoms with van der Waals surface area (Å²) in [6, 6.07) is 17.1. The zero-order chi connectivity index (χ0) is 22.6. The highest BCUT2D eigenvalue weighted by Gasteiger charge is 2.28. The van der Waals surface area contributed by atoms with E-state index < -0.39 is 10.0 Å². The minimum absolute atomic E-state index is 0.0379. The molecule has 0 spiro atoms. The van der Waals surface area contributed by atoms with E-state index in [0.717, 1.165) is 29.7 Å². The zero-order valence-corrected chi connectivity index (χ0v) is 18.5. The third-order valence-corrected chi connectivity index (χ3v) is 6.72. The topological polar surface area (TPSA) is 97.4 Å². The second-order valence-corrected chi connectivity index (χ2v) is 9.55. The van der Waals surface area contributed by atoms with Crippen molar-refractivity contribution in [2.24, 2.45) is 0 Å². The molecule has 1 aliphatic carbocycles. The lowest BCUT2D eigenvalue weighted by Gasteiger charge is -2.15. The quantitative estimate of drug-likeness (QED) is 0.518. The van der Waals surface area contributed by atoms with Crippen molar-refractivity contribution in [3.63, 3.8) is 0 Å². The number of pyridine rings is 1. The molecule has 7 nitrogen and oxygen atoms in total. The molecule has 1 unspecified atom stereocenters. The van der Waals surface area contributed by atoms with Crippen LogP contribution in [0.4, 0.5) is 0 Å². The van der Waals surface area contributed by atoms with Gasteiger partial charge in [0.05, 0.1) is 10.9 Å². The van der Waals surface area contributed by atoms with Crippen LogP contribution >= 0.6 is 0 Å². The predicted molar refractivity (Wildman–Crippen MR) is 121 cm³/mol. The molecule has 8 heteroatoms. The Morgan fingerprint density at radius 1 is 1.09 bits per heavy atom. The van der Waals surface area contributed by atoms with Crippen molar-refractivity contribution < 1.29 is 17.9 Å². The van der Waals surface area contributed by atoms with Gasteiger partial charge in [-0.25, -0.2) is 13.1 Å². The number of aromatic nitrogens is 1. The number of hydrogen-bond donors (Lipinski definition) is 2. The van der Waals surface area contributed by atoms with E-state index in [1.807, 2.05) is 43.3 Å². The molecule has 0 radical (unpaired) electrons. The van der Waals surface area contributed by atoms with Gasteiger partial charge < -0.3 is 10.1 Å². The number of nitrogens with zero attached hydrogens (tertiary/aromatic N) is 1. The van der Waals surface area contributed by atoms with Gasteiger partial charge in [-0.1, -0.05) is 18.2 Å². The molecular weight excluding hydrogens is 426 g/mol. The van der Waals surface area contributed by atoms with Crippen LogP contribution in [0.3, 0.4) is 0 Å². The highest BCUT2D eigenvalue weighted by molar-refractivity contribution is 7.89. The average molecular weight is 452 g/mol. The minimum atomic E-state index is -3.53. The van der Waals surface area contributed by atoms with Gasteiger partial charge in [0.25, 0.3) is 5.91 Å². The molecule has 166 valence electrons. The lowest BCUT2D eigenvalue weighted by atomic mass is 10.1. The minimum Gasteiger partial charge on any atom is -0.489 e. The fourth-order valence-electron chi connectivity index (χ4n) is 3.14. The SMILES string of the molecule is CC(NC(=O)c1ccc(S(=O)(=O)NC2CC2)cc1)c1ccc(OCc2cccnc2)cc1. The van der Waals surface area contributed by atoms with Crippen molar-refractivity contribution in [2.75, 3.05) is 0 Å². The van der Waals surface area contributed by atoms with E-state index in [9.17, 15) is 13.2 Å². The Morgan fingerprint density at radius 2 is 1.81 bits per heavy atom. The summed E-state index contributed by atoms with van der Waals surface area (Å²) in [5.41, 5.74) is 2.32. The third kappa shape index (κ3) is 5.72. The summed E-state index contributed by atoms with van der Waals surface area (Å²) in [5.74, 6) is 0.459. The van der Waals surface area contributed by atoms with E-state index in [1.54, 1.807) is 12.4 Å². The number of nitrogens with one attached hydrogen (secondary N) is 2. The monoisotopic (exact) mass is 451 g/mol. The summed E-state index contributed by atoms with van der Waals surface area (Å²) in [7, 11) is -3.53. The number of amides is 1. The predicted octanol–water partition coefficient (Wildman–Crippen LogP) is 3.59. The largest absolute Gasteiger partial charge is 0.489 e. The Labute approximate surface area is 187 Å². The van der Waals surface area contributed by atoms with E-state index in [4.69, 9.17) is 4.74 Å². The second kappa shape index (κ2) is 9.50. The summed E-state index contributed by atoms with van der Waals surface area (Å²) < 4.78 is 32.9. The molecular formula is C24H25N3O4S. The Morgan fingerprint density at radius 3 is 2.44 bits per heavy atom. The molecule has 2 N–H and O–H groups in total. The van der Waals surface area contributed by atoms with E-state index in [-0.39, 0.29) is 22.9 Å². The summed E-state index contributed by atoms with van der Waals surface area (Å²) in [6.07, 6.45) is 5.22. The van der Waals surface area contributed by atoms with Gasteiger partial charge >= 0.3 is 0 Å². The van der Waals surface area contributed by atoms with Crippen molar-refractivity contribution in [2.45, 2.75) is 43.4 Å². The third-order valence-electron chi connectivity index (χ3n) is 5.18. The van der Waals surface area contributed by atoms with Crippen LogP contribution in [-0.4, -0.2) is 25.4 Å². The number of carbonyl (C=O) groups excluding carboxylic acids is 1. The molecule has 2 aromatic carbocycles. The molecule has 1 aromatic heterocycles. The van der Waals surface area contributed by atoms with Crippen molar-refractivity contribution >= 4 is 15.9 Å². The Balaban J connectivity index is 1.32. The first-order chi connectivity index (χ1) is 15.4. The standard InChI is InChI=1S/C24H25N3O4S/c1-17(19-4-10-22(11-5-19)31-16-18-3-2-14-25-15-18)26-24(28)20-6-12-23(13-7-20)32(29,30)27-21-8-9-21/h2-7,10-15,17,21,27H,8-9,16H2,1H3,(H,26,28). The number of rotatable bonds is 9. The maximum absolute atomic E-state index is 12.6. The lowest BCUT2D eigenvalue weighted by Crippen LogP contribution is -2.27. The van der Waals surface area contributed by atoms with E-state index in [0.29, 0.717) is 12.2 Å². The van der Waals surface area contributed by atoms with Gasteiger partial charge in [0.15, 0.2) is 0 Å². The fourth-order valence-corrected chi connectivity index (χ4v) is 4.45. The Hall–Kier alpha value is -3.23. The van der Waals surface area contributed by atoms with Gasteiger partial charge in [-0.2, -0.15) is 0 Å². The van der Waals surface area contributed by atoms with E-state index in [2.05, 4.69) is 15.0 Å².